The molecule has 0 bridgehead atoms. The molecule has 0 aromatic carbocycles. The molecule has 0 saturated carbocycles. The maximum absolute atomic E-state index is 12.9. The number of ether oxygens (including phenoxy) is 3. The van der Waals surface area contributed by atoms with Gasteiger partial charge in [0.1, 0.15) is 13.2 Å². The molecular weight excluding hydrogens is 973 g/mol. The van der Waals surface area contributed by atoms with Crippen molar-refractivity contribution in [2.24, 2.45) is 0 Å². The molecule has 0 aliphatic carbocycles. The lowest BCUT2D eigenvalue weighted by atomic mass is 10.0. The predicted octanol–water partition coefficient (Wildman–Crippen LogP) is 24.1. The summed E-state index contributed by atoms with van der Waals surface area (Å²) in [5.41, 5.74) is 0. The Kier molecular flexibility index (Phi) is 65.6. The third-order valence-corrected chi connectivity index (χ3v) is 15.8. The van der Waals surface area contributed by atoms with Gasteiger partial charge in [0.25, 0.3) is 0 Å². The summed E-state index contributed by atoms with van der Waals surface area (Å²) in [6.45, 7) is 6.64. The summed E-state index contributed by atoms with van der Waals surface area (Å²) < 4.78 is 17.0. The monoisotopic (exact) mass is 1110 g/mol. The van der Waals surface area contributed by atoms with Gasteiger partial charge in [0.15, 0.2) is 6.10 Å². The Balaban J connectivity index is 4.26. The second-order valence-electron chi connectivity index (χ2n) is 23.8. The maximum Gasteiger partial charge on any atom is 0.306 e. The average Bonchev–Trinajstić information content (AvgIpc) is 3.45. The number of esters is 3. The van der Waals surface area contributed by atoms with Gasteiger partial charge in [-0.25, -0.2) is 0 Å². The molecule has 0 radical (unpaired) electrons. The zero-order valence-electron chi connectivity index (χ0n) is 53.2. The molecule has 0 amide bonds. The molecule has 462 valence electrons. The molecule has 0 heterocycles. The van der Waals surface area contributed by atoms with Crippen molar-refractivity contribution >= 4 is 17.9 Å². The number of allylic oxidation sites excluding steroid dienone is 8. The van der Waals surface area contributed by atoms with Crippen LogP contribution < -0.4 is 0 Å². The average molecular weight is 1110 g/mol. The van der Waals surface area contributed by atoms with Crippen LogP contribution in [0.1, 0.15) is 380 Å². The Labute approximate surface area is 492 Å². The van der Waals surface area contributed by atoms with Crippen LogP contribution in [-0.4, -0.2) is 37.2 Å². The van der Waals surface area contributed by atoms with Gasteiger partial charge in [-0.1, -0.05) is 333 Å². The van der Waals surface area contributed by atoms with Gasteiger partial charge in [-0.3, -0.25) is 14.4 Å². The zero-order valence-corrected chi connectivity index (χ0v) is 53.2. The summed E-state index contributed by atoms with van der Waals surface area (Å²) >= 11 is 0. The van der Waals surface area contributed by atoms with E-state index in [2.05, 4.69) is 69.4 Å². The van der Waals surface area contributed by atoms with Gasteiger partial charge < -0.3 is 14.2 Å². The first-order valence-corrected chi connectivity index (χ1v) is 35.1. The molecule has 0 fully saturated rings. The number of rotatable bonds is 65. The van der Waals surface area contributed by atoms with E-state index in [1.807, 2.05) is 0 Å². The van der Waals surface area contributed by atoms with Crippen LogP contribution in [0.25, 0.3) is 0 Å². The number of hydrogen-bond donors (Lipinski definition) is 0. The van der Waals surface area contributed by atoms with E-state index in [0.29, 0.717) is 19.3 Å². The Morgan fingerprint density at radius 3 is 0.734 bits per heavy atom. The van der Waals surface area contributed by atoms with Crippen molar-refractivity contribution in [1.29, 1.82) is 0 Å². The lowest BCUT2D eigenvalue weighted by Gasteiger charge is -2.18. The van der Waals surface area contributed by atoms with Crippen LogP contribution in [0.4, 0.5) is 0 Å². The van der Waals surface area contributed by atoms with Gasteiger partial charge in [-0.15, -0.1) is 0 Å². The van der Waals surface area contributed by atoms with Crippen molar-refractivity contribution in [1.82, 2.24) is 0 Å². The topological polar surface area (TPSA) is 78.9 Å². The molecular formula is C73H134O6. The summed E-state index contributed by atoms with van der Waals surface area (Å²) in [5, 5.41) is 0. The highest BCUT2D eigenvalue weighted by Crippen LogP contribution is 2.18. The summed E-state index contributed by atoms with van der Waals surface area (Å²) in [5.74, 6) is -0.870. The first-order chi connectivity index (χ1) is 39.0. The van der Waals surface area contributed by atoms with E-state index in [0.717, 1.165) is 83.5 Å². The van der Waals surface area contributed by atoms with Gasteiger partial charge in [-0.05, 0) is 77.0 Å². The van der Waals surface area contributed by atoms with E-state index in [1.54, 1.807) is 0 Å². The molecule has 79 heavy (non-hydrogen) atoms. The van der Waals surface area contributed by atoms with E-state index in [1.165, 1.54) is 257 Å². The molecule has 1 unspecified atom stereocenters. The minimum absolute atomic E-state index is 0.0755. The van der Waals surface area contributed by atoms with E-state index in [9.17, 15) is 14.4 Å². The number of unbranched alkanes of at least 4 members (excludes halogenated alkanes) is 46. The number of hydrogen-bond acceptors (Lipinski definition) is 6. The minimum atomic E-state index is -0.781. The fourth-order valence-electron chi connectivity index (χ4n) is 10.5. The van der Waals surface area contributed by atoms with Crippen molar-refractivity contribution in [3.05, 3.63) is 48.6 Å². The molecule has 0 saturated heterocycles. The standard InChI is InChI=1S/C73H134O6/c1-4-7-10-13-16-19-22-25-28-30-32-34-35-36-37-38-40-41-43-45-48-51-54-57-60-63-66-72(75)78-69-70(68-77-71(74)65-62-59-56-53-50-47-27-24-21-18-15-12-9-6-3)79-73(76)67-64-61-58-55-52-49-46-44-42-39-33-31-29-26-23-20-17-14-11-8-5-2/h15,18,23-24,26-27,31,33,70H,4-14,16-17,19-22,25,28-30,32,34-69H2,1-3H3/b18-15-,26-23-,27-24-,33-31-. The summed E-state index contributed by atoms with van der Waals surface area (Å²) in [6, 6.07) is 0. The Morgan fingerprint density at radius 1 is 0.253 bits per heavy atom. The van der Waals surface area contributed by atoms with Crippen LogP contribution in [0.5, 0.6) is 0 Å². The summed E-state index contributed by atoms with van der Waals surface area (Å²) in [4.78, 5) is 38.4. The number of carbonyl (C=O) groups is 3. The van der Waals surface area contributed by atoms with Crippen molar-refractivity contribution in [3.63, 3.8) is 0 Å². The Hall–Kier alpha value is -2.63. The van der Waals surface area contributed by atoms with Gasteiger partial charge in [-0.2, -0.15) is 0 Å². The zero-order chi connectivity index (χ0) is 57.1. The smallest absolute Gasteiger partial charge is 0.306 e. The largest absolute Gasteiger partial charge is 0.462 e. The van der Waals surface area contributed by atoms with E-state index < -0.39 is 6.10 Å². The molecule has 0 N–H and O–H groups in total. The van der Waals surface area contributed by atoms with Crippen LogP contribution in [0.3, 0.4) is 0 Å². The quantitative estimate of drug-likeness (QED) is 0.0261. The first kappa shape index (κ1) is 76.4. The summed E-state index contributed by atoms with van der Waals surface area (Å²) in [6.07, 6.45) is 85.7. The van der Waals surface area contributed by atoms with E-state index >= 15 is 0 Å². The molecule has 0 aliphatic rings. The molecule has 1 atom stereocenters. The van der Waals surface area contributed by atoms with Gasteiger partial charge in [0, 0.05) is 19.3 Å². The third-order valence-electron chi connectivity index (χ3n) is 15.8. The SMILES string of the molecule is CCCC/C=C\C/C=C\CCCCCCCC(=O)OCC(COC(=O)CCCCCCCCCCCCCCCCCCCCCCCCCCCC)OC(=O)CCCCCCCCCCC/C=C\C/C=C\CCCCCCC. The Bertz CT molecular complexity index is 1360. The van der Waals surface area contributed by atoms with Gasteiger partial charge in [0.05, 0.1) is 0 Å². The van der Waals surface area contributed by atoms with Crippen LogP contribution in [0.15, 0.2) is 48.6 Å². The van der Waals surface area contributed by atoms with Crippen LogP contribution >= 0.6 is 0 Å². The molecule has 6 heteroatoms. The van der Waals surface area contributed by atoms with Crippen molar-refractivity contribution < 1.29 is 28.6 Å². The highest BCUT2D eigenvalue weighted by molar-refractivity contribution is 5.71. The van der Waals surface area contributed by atoms with Crippen LogP contribution in [0.2, 0.25) is 0 Å². The first-order valence-electron chi connectivity index (χ1n) is 35.1. The van der Waals surface area contributed by atoms with Crippen LogP contribution in [0, 0.1) is 0 Å². The highest BCUT2D eigenvalue weighted by atomic mass is 16.6. The lowest BCUT2D eigenvalue weighted by molar-refractivity contribution is -0.167. The second-order valence-corrected chi connectivity index (χ2v) is 23.8. The van der Waals surface area contributed by atoms with E-state index in [-0.39, 0.29) is 31.1 Å². The Morgan fingerprint density at radius 2 is 0.468 bits per heavy atom. The molecule has 0 spiro atoms. The molecule has 0 aromatic rings. The normalized spacial score (nSPS) is 12.3. The van der Waals surface area contributed by atoms with Crippen molar-refractivity contribution in [2.45, 2.75) is 386 Å². The van der Waals surface area contributed by atoms with E-state index in [4.69, 9.17) is 14.2 Å². The fourth-order valence-corrected chi connectivity index (χ4v) is 10.5. The highest BCUT2D eigenvalue weighted by Gasteiger charge is 2.19. The van der Waals surface area contributed by atoms with Crippen molar-refractivity contribution in [2.75, 3.05) is 13.2 Å². The summed E-state index contributed by atoms with van der Waals surface area (Å²) in [7, 11) is 0. The predicted molar refractivity (Wildman–Crippen MR) is 344 cm³/mol. The third kappa shape index (κ3) is 66.1. The molecule has 0 aliphatic heterocycles. The molecule has 0 aromatic heterocycles. The molecule has 0 rings (SSSR count). The maximum atomic E-state index is 12.9. The fraction of sp³-hybridized carbons (Fsp3) is 0.849. The van der Waals surface area contributed by atoms with Gasteiger partial charge in [0.2, 0.25) is 0 Å². The lowest BCUT2D eigenvalue weighted by Crippen LogP contribution is -2.30. The molecule has 6 nitrogen and oxygen atoms in total. The minimum Gasteiger partial charge on any atom is -0.462 e. The van der Waals surface area contributed by atoms with Crippen LogP contribution in [-0.2, 0) is 28.6 Å². The van der Waals surface area contributed by atoms with Gasteiger partial charge >= 0.3 is 17.9 Å². The number of carbonyl (C=O) groups excluding carboxylic acids is 3. The second kappa shape index (κ2) is 67.9. The van der Waals surface area contributed by atoms with Crippen molar-refractivity contribution in [3.8, 4) is 0 Å².